The number of amides is 1. The van der Waals surface area contributed by atoms with Gasteiger partial charge in [0.25, 0.3) is 0 Å². The van der Waals surface area contributed by atoms with Crippen LogP contribution in [0, 0.1) is 5.41 Å². The smallest absolute Gasteiger partial charge is 0.230 e. The highest BCUT2D eigenvalue weighted by Crippen LogP contribution is 2.24. The van der Waals surface area contributed by atoms with Crippen molar-refractivity contribution in [2.24, 2.45) is 5.41 Å². The average molecular weight is 282 g/mol. The maximum atomic E-state index is 11.8. The minimum atomic E-state index is -0.184. The van der Waals surface area contributed by atoms with Crippen LogP contribution in [0.15, 0.2) is 29.4 Å². The summed E-state index contributed by atoms with van der Waals surface area (Å²) in [4.78, 5) is 16.7. The third-order valence-electron chi connectivity index (χ3n) is 3.52. The van der Waals surface area contributed by atoms with E-state index in [4.69, 9.17) is 0 Å². The summed E-state index contributed by atoms with van der Waals surface area (Å²) in [7, 11) is 0. The number of aromatic nitrogens is 1. The summed E-state index contributed by atoms with van der Waals surface area (Å²) in [6.07, 6.45) is 5.14. The Morgan fingerprint density at radius 2 is 2.00 bits per heavy atom. The van der Waals surface area contributed by atoms with Gasteiger partial charge in [-0.2, -0.15) is 0 Å². The van der Waals surface area contributed by atoms with Crippen molar-refractivity contribution < 1.29 is 9.90 Å². The van der Waals surface area contributed by atoms with Gasteiger partial charge in [0, 0.05) is 29.2 Å². The molecular formula is C14H22N2O2S. The summed E-state index contributed by atoms with van der Waals surface area (Å²) in [5.74, 6) is 0.389. The Labute approximate surface area is 119 Å². The molecule has 0 bridgehead atoms. The second-order valence-electron chi connectivity index (χ2n) is 4.61. The molecule has 4 nitrogen and oxygen atoms in total. The number of aliphatic hydroxyl groups is 1. The Hall–Kier alpha value is -1.07. The monoisotopic (exact) mass is 282 g/mol. The van der Waals surface area contributed by atoms with Crippen molar-refractivity contribution in [3.63, 3.8) is 0 Å². The van der Waals surface area contributed by atoms with Gasteiger partial charge in [-0.05, 0) is 25.0 Å². The molecule has 1 aromatic heterocycles. The lowest BCUT2D eigenvalue weighted by Gasteiger charge is -2.29. The van der Waals surface area contributed by atoms with Crippen LogP contribution >= 0.6 is 11.8 Å². The first-order valence-electron chi connectivity index (χ1n) is 6.56. The Balaban J connectivity index is 2.35. The Morgan fingerprint density at radius 3 is 2.53 bits per heavy atom. The third-order valence-corrected chi connectivity index (χ3v) is 4.53. The molecule has 0 unspecified atom stereocenters. The van der Waals surface area contributed by atoms with Gasteiger partial charge < -0.3 is 10.4 Å². The fourth-order valence-corrected chi connectivity index (χ4v) is 2.41. The van der Waals surface area contributed by atoms with Crippen LogP contribution in [0.5, 0.6) is 0 Å². The molecule has 0 radical (unpaired) electrons. The van der Waals surface area contributed by atoms with Crippen molar-refractivity contribution in [2.75, 3.05) is 18.9 Å². The highest BCUT2D eigenvalue weighted by Gasteiger charge is 2.25. The molecule has 5 heteroatoms. The molecule has 0 aromatic carbocycles. The summed E-state index contributed by atoms with van der Waals surface area (Å²) in [5.41, 5.74) is -0.184. The van der Waals surface area contributed by atoms with Gasteiger partial charge in [-0.25, -0.2) is 0 Å². The summed E-state index contributed by atoms with van der Waals surface area (Å²) in [6.45, 7) is 4.72. The fraction of sp³-hybridized carbons (Fsp3) is 0.571. The van der Waals surface area contributed by atoms with Gasteiger partial charge in [0.05, 0.1) is 12.4 Å². The summed E-state index contributed by atoms with van der Waals surface area (Å²) in [6, 6.07) is 3.77. The number of hydrogen-bond acceptors (Lipinski definition) is 4. The van der Waals surface area contributed by atoms with E-state index in [1.807, 2.05) is 26.0 Å². The SMILES string of the molecule is CCC(CC)(CO)CNC(=O)CSc1ccncc1. The summed E-state index contributed by atoms with van der Waals surface area (Å²) >= 11 is 1.49. The highest BCUT2D eigenvalue weighted by molar-refractivity contribution is 8.00. The van der Waals surface area contributed by atoms with Gasteiger partial charge in [0.2, 0.25) is 5.91 Å². The molecule has 0 aliphatic rings. The standard InChI is InChI=1S/C14H22N2O2S/c1-3-14(4-2,11-17)10-16-13(18)9-19-12-5-7-15-8-6-12/h5-8,17H,3-4,9-11H2,1-2H3,(H,16,18). The van der Waals surface area contributed by atoms with Crippen LogP contribution in [-0.4, -0.2) is 34.9 Å². The Bertz CT molecular complexity index is 372. The van der Waals surface area contributed by atoms with E-state index in [9.17, 15) is 9.90 Å². The first-order valence-corrected chi connectivity index (χ1v) is 7.54. The van der Waals surface area contributed by atoms with E-state index >= 15 is 0 Å². The minimum absolute atomic E-state index is 0.00142. The van der Waals surface area contributed by atoms with E-state index in [2.05, 4.69) is 10.3 Å². The molecule has 2 N–H and O–H groups in total. The van der Waals surface area contributed by atoms with Crippen molar-refractivity contribution >= 4 is 17.7 Å². The molecule has 106 valence electrons. The lowest BCUT2D eigenvalue weighted by Crippen LogP contribution is -2.40. The van der Waals surface area contributed by atoms with Crippen molar-refractivity contribution in [1.29, 1.82) is 0 Å². The zero-order valence-electron chi connectivity index (χ0n) is 11.6. The quantitative estimate of drug-likeness (QED) is 0.717. The first kappa shape index (κ1) is 16.0. The van der Waals surface area contributed by atoms with Gasteiger partial charge in [-0.15, -0.1) is 11.8 Å². The molecule has 0 spiro atoms. The second kappa shape index (κ2) is 8.17. The topological polar surface area (TPSA) is 62.2 Å². The molecule has 0 atom stereocenters. The summed E-state index contributed by atoms with van der Waals surface area (Å²) < 4.78 is 0. The van der Waals surface area contributed by atoms with E-state index in [1.54, 1.807) is 12.4 Å². The zero-order valence-corrected chi connectivity index (χ0v) is 12.4. The number of pyridine rings is 1. The number of hydrogen-bond donors (Lipinski definition) is 2. The van der Waals surface area contributed by atoms with E-state index in [0.717, 1.165) is 17.7 Å². The molecule has 1 aromatic rings. The minimum Gasteiger partial charge on any atom is -0.396 e. The zero-order chi connectivity index (χ0) is 14.1. The van der Waals surface area contributed by atoms with Crippen LogP contribution in [0.1, 0.15) is 26.7 Å². The first-order chi connectivity index (χ1) is 9.15. The lowest BCUT2D eigenvalue weighted by molar-refractivity contribution is -0.119. The second-order valence-corrected chi connectivity index (χ2v) is 5.66. The number of nitrogens with one attached hydrogen (secondary N) is 1. The van der Waals surface area contributed by atoms with Crippen molar-refractivity contribution in [3.05, 3.63) is 24.5 Å². The average Bonchev–Trinajstić information content (AvgIpc) is 2.48. The molecule has 0 saturated carbocycles. The Kier molecular flexibility index (Phi) is 6.87. The molecular weight excluding hydrogens is 260 g/mol. The predicted octanol–water partition coefficient (Wildman–Crippen LogP) is 2.09. The molecule has 0 fully saturated rings. The Morgan fingerprint density at radius 1 is 1.37 bits per heavy atom. The number of rotatable bonds is 8. The summed E-state index contributed by atoms with van der Waals surface area (Å²) in [5, 5.41) is 12.3. The molecule has 1 amide bonds. The normalized spacial score (nSPS) is 11.3. The third kappa shape index (κ3) is 5.20. The molecule has 19 heavy (non-hydrogen) atoms. The largest absolute Gasteiger partial charge is 0.396 e. The van der Waals surface area contributed by atoms with E-state index in [0.29, 0.717) is 12.3 Å². The van der Waals surface area contributed by atoms with Crippen molar-refractivity contribution in [2.45, 2.75) is 31.6 Å². The number of thioether (sulfide) groups is 1. The number of carbonyl (C=O) groups excluding carboxylic acids is 1. The van der Waals surface area contributed by atoms with Crippen LogP contribution in [0.3, 0.4) is 0 Å². The molecule has 1 rings (SSSR count). The predicted molar refractivity (Wildman–Crippen MR) is 78.1 cm³/mol. The van der Waals surface area contributed by atoms with Gasteiger partial charge >= 0.3 is 0 Å². The van der Waals surface area contributed by atoms with Crippen LogP contribution in [0.25, 0.3) is 0 Å². The van der Waals surface area contributed by atoms with E-state index < -0.39 is 0 Å². The number of nitrogens with zero attached hydrogens (tertiary/aromatic N) is 1. The van der Waals surface area contributed by atoms with Crippen LogP contribution in [0.4, 0.5) is 0 Å². The maximum absolute atomic E-state index is 11.8. The lowest BCUT2D eigenvalue weighted by atomic mass is 9.83. The highest BCUT2D eigenvalue weighted by atomic mass is 32.2. The number of carbonyl (C=O) groups is 1. The van der Waals surface area contributed by atoms with Crippen LogP contribution in [-0.2, 0) is 4.79 Å². The van der Waals surface area contributed by atoms with Crippen molar-refractivity contribution in [3.8, 4) is 0 Å². The molecule has 0 saturated heterocycles. The van der Waals surface area contributed by atoms with E-state index in [1.165, 1.54) is 11.8 Å². The molecule has 0 aliphatic carbocycles. The van der Waals surface area contributed by atoms with E-state index in [-0.39, 0.29) is 17.9 Å². The van der Waals surface area contributed by atoms with Gasteiger partial charge in [0.15, 0.2) is 0 Å². The van der Waals surface area contributed by atoms with Crippen LogP contribution in [0.2, 0.25) is 0 Å². The van der Waals surface area contributed by atoms with Gasteiger partial charge in [-0.1, -0.05) is 13.8 Å². The molecule has 0 aliphatic heterocycles. The molecule has 1 heterocycles. The van der Waals surface area contributed by atoms with Crippen LogP contribution < -0.4 is 5.32 Å². The van der Waals surface area contributed by atoms with Crippen molar-refractivity contribution in [1.82, 2.24) is 10.3 Å². The fourth-order valence-electron chi connectivity index (χ4n) is 1.70. The van der Waals surface area contributed by atoms with Gasteiger partial charge in [-0.3, -0.25) is 9.78 Å². The number of aliphatic hydroxyl groups excluding tert-OH is 1. The maximum Gasteiger partial charge on any atom is 0.230 e. The van der Waals surface area contributed by atoms with Gasteiger partial charge in [0.1, 0.15) is 0 Å².